The van der Waals surface area contributed by atoms with Gasteiger partial charge in [-0.1, -0.05) is 30.0 Å². The van der Waals surface area contributed by atoms with Gasteiger partial charge in [0.1, 0.15) is 0 Å². The summed E-state index contributed by atoms with van der Waals surface area (Å²) in [6.07, 6.45) is 0. The number of aromatic nitrogens is 3. The van der Waals surface area contributed by atoms with E-state index in [0.29, 0.717) is 5.75 Å². The number of thioether (sulfide) groups is 1. The average molecular weight is 424 g/mol. The maximum Gasteiger partial charge on any atom is 0.237 e. The summed E-state index contributed by atoms with van der Waals surface area (Å²) in [5, 5.41) is 9.52. The van der Waals surface area contributed by atoms with Crippen molar-refractivity contribution >= 4 is 29.0 Å². The summed E-state index contributed by atoms with van der Waals surface area (Å²) in [4.78, 5) is 16.6. The topological polar surface area (TPSA) is 54.3 Å². The monoisotopic (exact) mass is 423 g/mol. The SMILES string of the molecule is CCN(CC)c1ccc(-c2nnc(SCC(=O)N(C)c3ccccc3)n2CC)cc1. The van der Waals surface area contributed by atoms with Gasteiger partial charge in [-0.25, -0.2) is 0 Å². The molecule has 2 aromatic carbocycles. The van der Waals surface area contributed by atoms with Gasteiger partial charge >= 0.3 is 0 Å². The molecule has 0 aliphatic carbocycles. The quantitative estimate of drug-likeness (QED) is 0.472. The Balaban J connectivity index is 1.72. The van der Waals surface area contributed by atoms with Crippen molar-refractivity contribution in [2.24, 2.45) is 0 Å². The van der Waals surface area contributed by atoms with Crippen LogP contribution in [0.5, 0.6) is 0 Å². The van der Waals surface area contributed by atoms with Crippen LogP contribution in [0.1, 0.15) is 20.8 Å². The molecule has 0 aliphatic rings. The van der Waals surface area contributed by atoms with E-state index < -0.39 is 0 Å². The lowest BCUT2D eigenvalue weighted by atomic mass is 10.2. The van der Waals surface area contributed by atoms with Crippen LogP contribution in [0.4, 0.5) is 11.4 Å². The first kappa shape index (κ1) is 21.9. The molecule has 0 fully saturated rings. The maximum absolute atomic E-state index is 12.6. The highest BCUT2D eigenvalue weighted by Gasteiger charge is 2.17. The van der Waals surface area contributed by atoms with Crippen LogP contribution in [0.25, 0.3) is 11.4 Å². The van der Waals surface area contributed by atoms with E-state index in [1.807, 2.05) is 30.3 Å². The van der Waals surface area contributed by atoms with Gasteiger partial charge in [-0.3, -0.25) is 4.79 Å². The van der Waals surface area contributed by atoms with Crippen LogP contribution in [0.15, 0.2) is 59.8 Å². The molecule has 3 aromatic rings. The molecule has 0 saturated carbocycles. The predicted molar refractivity (Wildman–Crippen MR) is 125 cm³/mol. The first-order valence-electron chi connectivity index (χ1n) is 10.3. The molecule has 6 nitrogen and oxygen atoms in total. The van der Waals surface area contributed by atoms with E-state index in [9.17, 15) is 4.79 Å². The Kier molecular flexibility index (Phi) is 7.52. The van der Waals surface area contributed by atoms with Gasteiger partial charge in [0.05, 0.1) is 5.75 Å². The molecular formula is C23H29N5OS. The zero-order chi connectivity index (χ0) is 21.5. The van der Waals surface area contributed by atoms with Gasteiger partial charge in [0, 0.05) is 43.6 Å². The van der Waals surface area contributed by atoms with Crippen LogP contribution in [0.3, 0.4) is 0 Å². The minimum absolute atomic E-state index is 0.0296. The van der Waals surface area contributed by atoms with Crippen molar-refractivity contribution in [3.05, 3.63) is 54.6 Å². The fourth-order valence-electron chi connectivity index (χ4n) is 3.32. The lowest BCUT2D eigenvalue weighted by molar-refractivity contribution is -0.115. The van der Waals surface area contributed by atoms with E-state index in [1.165, 1.54) is 17.4 Å². The van der Waals surface area contributed by atoms with Crippen LogP contribution in [-0.2, 0) is 11.3 Å². The number of carbonyl (C=O) groups is 1. The van der Waals surface area contributed by atoms with E-state index >= 15 is 0 Å². The van der Waals surface area contributed by atoms with Gasteiger partial charge in [-0.15, -0.1) is 10.2 Å². The Morgan fingerprint density at radius 1 is 0.933 bits per heavy atom. The highest BCUT2D eigenvalue weighted by Crippen LogP contribution is 2.26. The number of carbonyl (C=O) groups excluding carboxylic acids is 1. The second kappa shape index (κ2) is 10.3. The van der Waals surface area contributed by atoms with Crippen LogP contribution in [0, 0.1) is 0 Å². The predicted octanol–water partition coefficient (Wildman–Crippen LogP) is 4.57. The Morgan fingerprint density at radius 3 is 2.20 bits per heavy atom. The minimum atomic E-state index is 0.0296. The Hall–Kier alpha value is -2.80. The average Bonchev–Trinajstić information content (AvgIpc) is 3.21. The summed E-state index contributed by atoms with van der Waals surface area (Å²) in [5.41, 5.74) is 3.12. The van der Waals surface area contributed by atoms with Gasteiger partial charge in [0.15, 0.2) is 11.0 Å². The van der Waals surface area contributed by atoms with E-state index in [4.69, 9.17) is 0 Å². The fraction of sp³-hybridized carbons (Fsp3) is 0.348. The first-order chi connectivity index (χ1) is 14.6. The molecule has 0 atom stereocenters. The fourth-order valence-corrected chi connectivity index (χ4v) is 4.24. The Labute approximate surface area is 182 Å². The van der Waals surface area contributed by atoms with E-state index in [1.54, 1.807) is 11.9 Å². The van der Waals surface area contributed by atoms with Gasteiger partial charge in [-0.05, 0) is 57.2 Å². The second-order valence-electron chi connectivity index (χ2n) is 6.85. The van der Waals surface area contributed by atoms with Crippen LogP contribution < -0.4 is 9.80 Å². The molecule has 0 radical (unpaired) electrons. The summed E-state index contributed by atoms with van der Waals surface area (Å²) in [6, 6.07) is 18.1. The molecule has 0 spiro atoms. The molecular weight excluding hydrogens is 394 g/mol. The van der Waals surface area contributed by atoms with Gasteiger partial charge in [0.25, 0.3) is 0 Å². The van der Waals surface area contributed by atoms with Crippen LogP contribution in [0.2, 0.25) is 0 Å². The van der Waals surface area contributed by atoms with Crippen LogP contribution in [-0.4, -0.2) is 46.6 Å². The third-order valence-corrected chi connectivity index (χ3v) is 6.08. The van der Waals surface area contributed by atoms with Crippen LogP contribution >= 0.6 is 11.8 Å². The Morgan fingerprint density at radius 2 is 1.60 bits per heavy atom. The van der Waals surface area contributed by atoms with Crippen molar-refractivity contribution in [3.63, 3.8) is 0 Å². The number of para-hydroxylation sites is 1. The smallest absolute Gasteiger partial charge is 0.237 e. The molecule has 0 saturated heterocycles. The number of anilines is 2. The molecule has 7 heteroatoms. The Bertz CT molecular complexity index is 951. The summed E-state index contributed by atoms with van der Waals surface area (Å²) < 4.78 is 2.06. The molecule has 1 heterocycles. The van der Waals surface area contributed by atoms with E-state index in [2.05, 4.69) is 64.7 Å². The van der Waals surface area contributed by atoms with Gasteiger partial charge < -0.3 is 14.4 Å². The van der Waals surface area contributed by atoms with Crippen molar-refractivity contribution in [2.45, 2.75) is 32.5 Å². The molecule has 1 amide bonds. The highest BCUT2D eigenvalue weighted by molar-refractivity contribution is 7.99. The third kappa shape index (κ3) is 4.84. The van der Waals surface area contributed by atoms with E-state index in [0.717, 1.165) is 41.9 Å². The second-order valence-corrected chi connectivity index (χ2v) is 7.79. The molecule has 0 N–H and O–H groups in total. The normalized spacial score (nSPS) is 10.8. The molecule has 0 bridgehead atoms. The first-order valence-corrected chi connectivity index (χ1v) is 11.3. The van der Waals surface area contributed by atoms with Crippen molar-refractivity contribution in [2.75, 3.05) is 35.7 Å². The molecule has 3 rings (SSSR count). The number of hydrogen-bond donors (Lipinski definition) is 0. The standard InChI is InChI=1S/C23H29N5OS/c1-5-27(6-2)20-15-13-18(14-16-20)22-24-25-23(28(22)7-3)30-17-21(29)26(4)19-11-9-8-10-12-19/h8-16H,5-7,17H2,1-4H3. The van der Waals surface area contributed by atoms with Gasteiger partial charge in [-0.2, -0.15) is 0 Å². The van der Waals surface area contributed by atoms with Crippen molar-refractivity contribution in [1.29, 1.82) is 0 Å². The maximum atomic E-state index is 12.6. The van der Waals surface area contributed by atoms with Crippen molar-refractivity contribution in [1.82, 2.24) is 14.8 Å². The van der Waals surface area contributed by atoms with Crippen molar-refractivity contribution in [3.8, 4) is 11.4 Å². The largest absolute Gasteiger partial charge is 0.372 e. The summed E-state index contributed by atoms with van der Waals surface area (Å²) >= 11 is 1.42. The molecule has 0 aliphatic heterocycles. The lowest BCUT2D eigenvalue weighted by Crippen LogP contribution is -2.27. The zero-order valence-corrected chi connectivity index (χ0v) is 18.9. The lowest BCUT2D eigenvalue weighted by Gasteiger charge is -2.21. The third-order valence-electron chi connectivity index (χ3n) is 5.13. The molecule has 0 unspecified atom stereocenters. The number of amides is 1. The number of nitrogens with zero attached hydrogens (tertiary/aromatic N) is 5. The molecule has 1 aromatic heterocycles. The number of hydrogen-bond acceptors (Lipinski definition) is 5. The minimum Gasteiger partial charge on any atom is -0.372 e. The summed E-state index contributed by atoms with van der Waals surface area (Å²) in [7, 11) is 1.80. The highest BCUT2D eigenvalue weighted by atomic mass is 32.2. The molecule has 30 heavy (non-hydrogen) atoms. The zero-order valence-electron chi connectivity index (χ0n) is 18.1. The summed E-state index contributed by atoms with van der Waals surface area (Å²) in [6.45, 7) is 9.08. The van der Waals surface area contributed by atoms with E-state index in [-0.39, 0.29) is 5.91 Å². The molecule has 158 valence electrons. The number of rotatable bonds is 9. The summed E-state index contributed by atoms with van der Waals surface area (Å²) in [5.74, 6) is 1.17. The number of benzene rings is 2. The van der Waals surface area contributed by atoms with Crippen molar-refractivity contribution < 1.29 is 4.79 Å². The van der Waals surface area contributed by atoms with Gasteiger partial charge in [0.2, 0.25) is 5.91 Å².